The van der Waals surface area contributed by atoms with Gasteiger partial charge in [0.1, 0.15) is 11.6 Å². The molecular weight excluding hydrogens is 163 g/mol. The summed E-state index contributed by atoms with van der Waals surface area (Å²) in [5, 5.41) is 8.50. The molecule has 1 rings (SSSR count). The van der Waals surface area contributed by atoms with E-state index in [2.05, 4.69) is 4.98 Å². The number of nitrogens with zero attached hydrogens (tertiary/aromatic N) is 2. The molecule has 1 N–H and O–H groups in total. The van der Waals surface area contributed by atoms with E-state index in [0.29, 0.717) is 0 Å². The van der Waals surface area contributed by atoms with Crippen LogP contribution >= 0.6 is 0 Å². The highest BCUT2D eigenvalue weighted by Crippen LogP contribution is 2.08. The molecule has 4 nitrogen and oxygen atoms in total. The van der Waals surface area contributed by atoms with Crippen LogP contribution in [0.3, 0.4) is 0 Å². The largest absolute Gasteiger partial charge is 0.465 e. The number of anilines is 1. The molecule has 1 aromatic rings. The molecule has 0 aromatic carbocycles. The van der Waals surface area contributed by atoms with Gasteiger partial charge >= 0.3 is 6.09 Å². The molecule has 5 heteroatoms. The Morgan fingerprint density at radius 1 is 1.67 bits per heavy atom. The fraction of sp³-hybridized carbons (Fsp3) is 0.143. The van der Waals surface area contributed by atoms with Gasteiger partial charge in [0.2, 0.25) is 0 Å². The van der Waals surface area contributed by atoms with Crippen molar-refractivity contribution in [2.24, 2.45) is 0 Å². The molecule has 0 atom stereocenters. The fourth-order valence-electron chi connectivity index (χ4n) is 0.664. The third-order valence-electron chi connectivity index (χ3n) is 1.34. The zero-order valence-electron chi connectivity index (χ0n) is 6.36. The molecule has 0 radical (unpaired) electrons. The van der Waals surface area contributed by atoms with E-state index in [1.165, 1.54) is 13.1 Å². The maximum absolute atomic E-state index is 12.3. The van der Waals surface area contributed by atoms with Gasteiger partial charge in [0.05, 0.1) is 6.20 Å². The van der Waals surface area contributed by atoms with Gasteiger partial charge in [-0.05, 0) is 12.1 Å². The Bertz CT molecular complexity index is 286. The highest BCUT2D eigenvalue weighted by molar-refractivity contribution is 5.83. The van der Waals surface area contributed by atoms with Crippen LogP contribution in [0.15, 0.2) is 18.3 Å². The molecule has 0 bridgehead atoms. The van der Waals surface area contributed by atoms with E-state index in [1.807, 2.05) is 0 Å². The van der Waals surface area contributed by atoms with Gasteiger partial charge in [-0.3, -0.25) is 4.90 Å². The summed E-state index contributed by atoms with van der Waals surface area (Å²) >= 11 is 0. The second-order valence-electron chi connectivity index (χ2n) is 2.18. The van der Waals surface area contributed by atoms with Crippen molar-refractivity contribution in [3.05, 3.63) is 24.1 Å². The Labute approximate surface area is 68.3 Å². The number of carboxylic acid groups (broad SMARTS) is 1. The third kappa shape index (κ3) is 1.69. The van der Waals surface area contributed by atoms with E-state index in [0.717, 1.165) is 17.2 Å². The number of amides is 1. The highest BCUT2D eigenvalue weighted by Gasteiger charge is 2.08. The quantitative estimate of drug-likeness (QED) is 0.691. The molecule has 0 aliphatic rings. The zero-order chi connectivity index (χ0) is 9.14. The van der Waals surface area contributed by atoms with Gasteiger partial charge in [0.25, 0.3) is 0 Å². The monoisotopic (exact) mass is 170 g/mol. The van der Waals surface area contributed by atoms with Crippen LogP contribution in [0.25, 0.3) is 0 Å². The third-order valence-corrected chi connectivity index (χ3v) is 1.34. The van der Waals surface area contributed by atoms with Gasteiger partial charge < -0.3 is 5.11 Å². The van der Waals surface area contributed by atoms with Crippen molar-refractivity contribution in [2.75, 3.05) is 11.9 Å². The number of hydrogen-bond acceptors (Lipinski definition) is 2. The molecular formula is C7H7FN2O2. The van der Waals surface area contributed by atoms with Gasteiger partial charge in [0, 0.05) is 7.05 Å². The van der Waals surface area contributed by atoms with Crippen molar-refractivity contribution in [3.63, 3.8) is 0 Å². The van der Waals surface area contributed by atoms with Crippen molar-refractivity contribution in [1.82, 2.24) is 4.98 Å². The second-order valence-corrected chi connectivity index (χ2v) is 2.18. The molecule has 64 valence electrons. The maximum Gasteiger partial charge on any atom is 0.412 e. The first-order valence-electron chi connectivity index (χ1n) is 3.19. The van der Waals surface area contributed by atoms with Crippen molar-refractivity contribution in [3.8, 4) is 0 Å². The minimum atomic E-state index is -1.13. The summed E-state index contributed by atoms with van der Waals surface area (Å²) in [4.78, 5) is 14.8. The summed E-state index contributed by atoms with van der Waals surface area (Å²) in [7, 11) is 1.34. The van der Waals surface area contributed by atoms with Crippen LogP contribution in [0.5, 0.6) is 0 Å². The predicted octanol–water partition coefficient (Wildman–Crippen LogP) is 1.33. The summed E-state index contributed by atoms with van der Waals surface area (Å²) in [6.45, 7) is 0. The van der Waals surface area contributed by atoms with E-state index in [9.17, 15) is 9.18 Å². The number of halogens is 1. The molecule has 0 aliphatic heterocycles. The standard InChI is InChI=1S/C7H7FN2O2/c1-10(7(11)12)6-3-2-5(8)4-9-6/h2-4H,1H3,(H,11,12). The average molecular weight is 170 g/mol. The fourth-order valence-corrected chi connectivity index (χ4v) is 0.664. The zero-order valence-corrected chi connectivity index (χ0v) is 6.36. The van der Waals surface area contributed by atoms with Gasteiger partial charge in [-0.1, -0.05) is 0 Å². The van der Waals surface area contributed by atoms with Gasteiger partial charge in [0.15, 0.2) is 0 Å². The van der Waals surface area contributed by atoms with E-state index >= 15 is 0 Å². The molecule has 0 saturated carbocycles. The van der Waals surface area contributed by atoms with E-state index in [1.54, 1.807) is 0 Å². The van der Waals surface area contributed by atoms with Gasteiger partial charge in [-0.25, -0.2) is 14.2 Å². The first kappa shape index (κ1) is 8.45. The Kier molecular flexibility index (Phi) is 2.23. The van der Waals surface area contributed by atoms with Crippen molar-refractivity contribution >= 4 is 11.9 Å². The lowest BCUT2D eigenvalue weighted by atomic mass is 10.4. The van der Waals surface area contributed by atoms with Crippen LogP contribution < -0.4 is 4.90 Å². The predicted molar refractivity (Wildman–Crippen MR) is 40.6 cm³/mol. The lowest BCUT2D eigenvalue weighted by Gasteiger charge is -2.10. The topological polar surface area (TPSA) is 53.4 Å². The Morgan fingerprint density at radius 2 is 2.33 bits per heavy atom. The van der Waals surface area contributed by atoms with Gasteiger partial charge in [-0.2, -0.15) is 0 Å². The molecule has 1 amide bonds. The van der Waals surface area contributed by atoms with Crippen molar-refractivity contribution in [2.45, 2.75) is 0 Å². The van der Waals surface area contributed by atoms with E-state index < -0.39 is 11.9 Å². The minimum Gasteiger partial charge on any atom is -0.465 e. The SMILES string of the molecule is CN(C(=O)O)c1ccc(F)cn1. The van der Waals surface area contributed by atoms with Gasteiger partial charge in [-0.15, -0.1) is 0 Å². The number of carbonyl (C=O) groups is 1. The molecule has 0 fully saturated rings. The number of pyridine rings is 1. The number of rotatable bonds is 1. The minimum absolute atomic E-state index is 0.198. The Balaban J connectivity index is 2.89. The molecule has 0 spiro atoms. The first-order chi connectivity index (χ1) is 5.61. The Morgan fingerprint density at radius 3 is 2.75 bits per heavy atom. The van der Waals surface area contributed by atoms with Crippen molar-refractivity contribution < 1.29 is 14.3 Å². The van der Waals surface area contributed by atoms with Crippen LogP contribution in [0.1, 0.15) is 0 Å². The van der Waals surface area contributed by atoms with E-state index in [-0.39, 0.29) is 5.82 Å². The number of aromatic nitrogens is 1. The molecule has 0 saturated heterocycles. The lowest BCUT2D eigenvalue weighted by molar-refractivity contribution is 0.203. The van der Waals surface area contributed by atoms with Crippen LogP contribution in [0.2, 0.25) is 0 Å². The average Bonchev–Trinajstić information content (AvgIpc) is 2.04. The summed E-state index contributed by atoms with van der Waals surface area (Å²) in [5.41, 5.74) is 0. The Hall–Kier alpha value is -1.65. The highest BCUT2D eigenvalue weighted by atomic mass is 19.1. The summed E-state index contributed by atoms with van der Waals surface area (Å²) in [6.07, 6.45) is -0.163. The van der Waals surface area contributed by atoms with Crippen LogP contribution in [-0.2, 0) is 0 Å². The van der Waals surface area contributed by atoms with Crippen LogP contribution in [-0.4, -0.2) is 23.2 Å². The van der Waals surface area contributed by atoms with Crippen LogP contribution in [0, 0.1) is 5.82 Å². The summed E-state index contributed by atoms with van der Waals surface area (Å²) in [6, 6.07) is 2.45. The number of hydrogen-bond donors (Lipinski definition) is 1. The summed E-state index contributed by atoms with van der Waals surface area (Å²) < 4.78 is 12.3. The molecule has 0 unspecified atom stereocenters. The molecule has 12 heavy (non-hydrogen) atoms. The first-order valence-corrected chi connectivity index (χ1v) is 3.19. The smallest absolute Gasteiger partial charge is 0.412 e. The second kappa shape index (κ2) is 3.17. The lowest BCUT2D eigenvalue weighted by Crippen LogP contribution is -2.24. The van der Waals surface area contributed by atoms with Crippen molar-refractivity contribution in [1.29, 1.82) is 0 Å². The molecule has 0 aliphatic carbocycles. The normalized spacial score (nSPS) is 9.50. The van der Waals surface area contributed by atoms with Crippen LogP contribution in [0.4, 0.5) is 15.0 Å². The maximum atomic E-state index is 12.3. The molecule has 1 heterocycles. The summed E-state index contributed by atoms with van der Waals surface area (Å²) in [5.74, 6) is -0.290. The van der Waals surface area contributed by atoms with E-state index in [4.69, 9.17) is 5.11 Å². The molecule has 1 aromatic heterocycles.